The fraction of sp³-hybridized carbons (Fsp3) is 0.692. The van der Waals surface area contributed by atoms with Gasteiger partial charge in [0, 0.05) is 13.5 Å². The summed E-state index contributed by atoms with van der Waals surface area (Å²) in [5, 5.41) is 0. The van der Waals surface area contributed by atoms with Crippen molar-refractivity contribution in [2.24, 2.45) is 5.92 Å². The first-order valence-corrected chi connectivity index (χ1v) is 5.98. The molecule has 0 bridgehead atoms. The van der Waals surface area contributed by atoms with E-state index in [-0.39, 0.29) is 11.9 Å². The van der Waals surface area contributed by atoms with Gasteiger partial charge >= 0.3 is 5.97 Å². The van der Waals surface area contributed by atoms with Gasteiger partial charge in [-0.25, -0.2) is 4.79 Å². The Kier molecular flexibility index (Phi) is 7.26. The lowest BCUT2D eigenvalue weighted by Gasteiger charge is -2.27. The zero-order chi connectivity index (χ0) is 13.4. The predicted octanol–water partition coefficient (Wildman–Crippen LogP) is 2.00. The van der Waals surface area contributed by atoms with E-state index in [9.17, 15) is 9.59 Å². The normalized spacial score (nSPS) is 12.1. The molecule has 4 heteroatoms. The molecule has 0 fully saturated rings. The monoisotopic (exact) mass is 241 g/mol. The second-order valence-corrected chi connectivity index (χ2v) is 4.41. The third-order valence-electron chi connectivity index (χ3n) is 2.32. The van der Waals surface area contributed by atoms with Crippen molar-refractivity contribution >= 4 is 11.9 Å². The van der Waals surface area contributed by atoms with Crippen LogP contribution in [0.25, 0.3) is 0 Å². The van der Waals surface area contributed by atoms with Gasteiger partial charge < -0.3 is 9.64 Å². The molecular formula is C13H23NO3. The summed E-state index contributed by atoms with van der Waals surface area (Å²) in [6, 6.07) is -0.510. The van der Waals surface area contributed by atoms with Crippen LogP contribution in [-0.4, -0.2) is 36.0 Å². The Labute approximate surface area is 104 Å². The summed E-state index contributed by atoms with van der Waals surface area (Å²) in [7, 11) is 0. The lowest BCUT2D eigenvalue weighted by molar-refractivity contribution is -0.155. The van der Waals surface area contributed by atoms with Gasteiger partial charge in [0.25, 0.3) is 0 Å². The second-order valence-electron chi connectivity index (χ2n) is 4.41. The van der Waals surface area contributed by atoms with Crippen LogP contribution in [0.3, 0.4) is 0 Å². The van der Waals surface area contributed by atoms with E-state index < -0.39 is 6.04 Å². The van der Waals surface area contributed by atoms with E-state index in [4.69, 9.17) is 4.74 Å². The van der Waals surface area contributed by atoms with Crippen LogP contribution < -0.4 is 0 Å². The lowest BCUT2D eigenvalue weighted by atomic mass is 10.2. The maximum absolute atomic E-state index is 11.8. The molecule has 0 aromatic carbocycles. The number of carbonyl (C=O) groups excluding carboxylic acids is 2. The molecule has 0 heterocycles. The molecule has 0 spiro atoms. The summed E-state index contributed by atoms with van der Waals surface area (Å²) >= 11 is 0. The first-order chi connectivity index (χ1) is 7.93. The Morgan fingerprint density at radius 1 is 1.41 bits per heavy atom. The minimum atomic E-state index is -0.510. The molecule has 0 aromatic rings. The minimum Gasteiger partial charge on any atom is -0.464 e. The molecule has 0 saturated carbocycles. The molecular weight excluding hydrogens is 218 g/mol. The maximum atomic E-state index is 11.8. The van der Waals surface area contributed by atoms with Crippen LogP contribution in [0.4, 0.5) is 0 Å². The molecule has 0 aliphatic rings. The maximum Gasteiger partial charge on any atom is 0.328 e. The molecule has 98 valence electrons. The number of hydrogen-bond acceptors (Lipinski definition) is 3. The van der Waals surface area contributed by atoms with Gasteiger partial charge in [-0.05, 0) is 12.3 Å². The van der Waals surface area contributed by atoms with Gasteiger partial charge in [0.2, 0.25) is 5.91 Å². The van der Waals surface area contributed by atoms with Gasteiger partial charge in [0.1, 0.15) is 6.04 Å². The number of amides is 1. The fourth-order valence-corrected chi connectivity index (χ4v) is 1.47. The van der Waals surface area contributed by atoms with E-state index >= 15 is 0 Å². The molecule has 0 N–H and O–H groups in total. The largest absolute Gasteiger partial charge is 0.464 e. The predicted molar refractivity (Wildman–Crippen MR) is 67.5 cm³/mol. The van der Waals surface area contributed by atoms with Gasteiger partial charge in [0.15, 0.2) is 0 Å². The highest BCUT2D eigenvalue weighted by molar-refractivity contribution is 5.83. The topological polar surface area (TPSA) is 46.6 Å². The molecule has 1 amide bonds. The van der Waals surface area contributed by atoms with Crippen LogP contribution in [0, 0.1) is 5.92 Å². The zero-order valence-electron chi connectivity index (χ0n) is 11.2. The number of nitrogens with zero attached hydrogens (tertiary/aromatic N) is 1. The second kappa shape index (κ2) is 7.87. The number of rotatable bonds is 7. The highest BCUT2D eigenvalue weighted by atomic mass is 16.5. The van der Waals surface area contributed by atoms with Crippen molar-refractivity contribution in [3.8, 4) is 0 Å². The Morgan fingerprint density at radius 2 is 2.00 bits per heavy atom. The van der Waals surface area contributed by atoms with Gasteiger partial charge in [-0.2, -0.15) is 0 Å². The smallest absolute Gasteiger partial charge is 0.328 e. The highest BCUT2D eigenvalue weighted by Crippen LogP contribution is 2.08. The van der Waals surface area contributed by atoms with Crippen molar-refractivity contribution in [2.45, 2.75) is 40.2 Å². The molecule has 0 aliphatic heterocycles. The molecule has 0 aromatic heterocycles. The first kappa shape index (κ1) is 15.7. The van der Waals surface area contributed by atoms with E-state index in [1.54, 1.807) is 6.08 Å². The van der Waals surface area contributed by atoms with Gasteiger partial charge in [0.05, 0.1) is 6.61 Å². The average Bonchev–Trinajstić information content (AvgIpc) is 2.25. The molecule has 0 saturated heterocycles. The van der Waals surface area contributed by atoms with E-state index in [0.717, 1.165) is 0 Å². The van der Waals surface area contributed by atoms with Crippen molar-refractivity contribution in [3.05, 3.63) is 12.7 Å². The number of carbonyl (C=O) groups is 2. The van der Waals surface area contributed by atoms with Crippen molar-refractivity contribution in [1.82, 2.24) is 4.90 Å². The Bertz CT molecular complexity index is 274. The third-order valence-corrected chi connectivity index (χ3v) is 2.32. The summed E-state index contributed by atoms with van der Waals surface area (Å²) in [6.45, 7) is 11.6. The quantitative estimate of drug-likeness (QED) is 0.506. The number of hydrogen-bond donors (Lipinski definition) is 0. The minimum absolute atomic E-state index is 0.141. The van der Waals surface area contributed by atoms with Gasteiger partial charge in [-0.1, -0.05) is 26.8 Å². The summed E-state index contributed by atoms with van der Waals surface area (Å²) in [6.07, 6.45) is 2.16. The van der Waals surface area contributed by atoms with Crippen molar-refractivity contribution < 1.29 is 14.3 Å². The van der Waals surface area contributed by atoms with Crippen LogP contribution in [0.1, 0.15) is 34.1 Å². The summed E-state index contributed by atoms with van der Waals surface area (Å²) in [5.74, 6) is -0.182. The average molecular weight is 241 g/mol. The van der Waals surface area contributed by atoms with Crippen LogP contribution in [0.15, 0.2) is 12.7 Å². The van der Waals surface area contributed by atoms with Crippen LogP contribution in [0.2, 0.25) is 0 Å². The fourth-order valence-electron chi connectivity index (χ4n) is 1.47. The molecule has 1 atom stereocenters. The molecule has 1 unspecified atom stereocenters. The highest BCUT2D eigenvalue weighted by Gasteiger charge is 2.26. The molecule has 4 nitrogen and oxygen atoms in total. The summed E-state index contributed by atoms with van der Waals surface area (Å²) in [5.41, 5.74) is 0. The van der Waals surface area contributed by atoms with E-state index in [1.807, 2.05) is 20.8 Å². The lowest BCUT2D eigenvalue weighted by Crippen LogP contribution is -2.44. The van der Waals surface area contributed by atoms with E-state index in [2.05, 4.69) is 6.58 Å². The molecule has 0 rings (SSSR count). The SMILES string of the molecule is C=CCN(C(C)=O)C(CC)C(=O)OCC(C)C. The van der Waals surface area contributed by atoms with Crippen LogP contribution in [0.5, 0.6) is 0 Å². The van der Waals surface area contributed by atoms with E-state index in [1.165, 1.54) is 11.8 Å². The molecule has 17 heavy (non-hydrogen) atoms. The Hall–Kier alpha value is -1.32. The Morgan fingerprint density at radius 3 is 2.35 bits per heavy atom. The number of ether oxygens (including phenoxy) is 1. The molecule has 0 radical (unpaired) electrons. The Balaban J connectivity index is 4.60. The van der Waals surface area contributed by atoms with Crippen molar-refractivity contribution in [1.29, 1.82) is 0 Å². The van der Waals surface area contributed by atoms with Crippen LogP contribution in [-0.2, 0) is 14.3 Å². The standard InChI is InChI=1S/C13H23NO3/c1-6-8-14(11(5)15)12(7-2)13(16)17-9-10(3)4/h6,10,12H,1,7-9H2,2-5H3. The van der Waals surface area contributed by atoms with E-state index in [0.29, 0.717) is 25.5 Å². The molecule has 0 aliphatic carbocycles. The zero-order valence-corrected chi connectivity index (χ0v) is 11.2. The van der Waals surface area contributed by atoms with Gasteiger partial charge in [-0.3, -0.25) is 4.79 Å². The van der Waals surface area contributed by atoms with Crippen molar-refractivity contribution in [3.63, 3.8) is 0 Å². The first-order valence-electron chi connectivity index (χ1n) is 5.98. The summed E-state index contributed by atoms with van der Waals surface area (Å²) < 4.78 is 5.17. The summed E-state index contributed by atoms with van der Waals surface area (Å²) in [4.78, 5) is 24.8. The van der Waals surface area contributed by atoms with Crippen molar-refractivity contribution in [2.75, 3.05) is 13.2 Å². The third kappa shape index (κ3) is 5.52. The van der Waals surface area contributed by atoms with Crippen LogP contribution >= 0.6 is 0 Å². The number of esters is 1. The van der Waals surface area contributed by atoms with Gasteiger partial charge in [-0.15, -0.1) is 6.58 Å².